The van der Waals surface area contributed by atoms with E-state index in [1.807, 2.05) is 0 Å². The number of nitrogens with two attached hydrogens (primary N) is 1. The molecule has 7 heteroatoms. The zero-order valence-corrected chi connectivity index (χ0v) is 14.8. The van der Waals surface area contributed by atoms with Crippen LogP contribution in [0.3, 0.4) is 0 Å². The Kier molecular flexibility index (Phi) is 6.05. The van der Waals surface area contributed by atoms with Crippen molar-refractivity contribution in [2.24, 2.45) is 17.6 Å². The third-order valence-electron chi connectivity index (χ3n) is 5.61. The molecule has 0 unspecified atom stereocenters. The van der Waals surface area contributed by atoms with E-state index >= 15 is 0 Å². The summed E-state index contributed by atoms with van der Waals surface area (Å²) in [5.41, 5.74) is 4.98. The van der Waals surface area contributed by atoms with E-state index in [9.17, 15) is 18.0 Å². The van der Waals surface area contributed by atoms with Crippen LogP contribution in [0.25, 0.3) is 0 Å². The first-order valence-corrected chi connectivity index (χ1v) is 8.55. The first kappa shape index (κ1) is 20.0. The summed E-state index contributed by atoms with van der Waals surface area (Å²) in [4.78, 5) is 12.7. The van der Waals surface area contributed by atoms with Gasteiger partial charge in [-0.05, 0) is 62.3 Å². The van der Waals surface area contributed by atoms with Gasteiger partial charge >= 0.3 is 6.18 Å². The summed E-state index contributed by atoms with van der Waals surface area (Å²) in [6.07, 6.45) is 0.636. The van der Waals surface area contributed by atoms with Crippen LogP contribution < -0.4 is 11.1 Å². The molecule has 2 aliphatic rings. The van der Waals surface area contributed by atoms with Gasteiger partial charge in [-0.2, -0.15) is 13.2 Å². The molecule has 2 atom stereocenters. The third kappa shape index (κ3) is 3.95. The van der Waals surface area contributed by atoms with E-state index in [4.69, 9.17) is 5.73 Å². The molecular formula is C18H24ClF3N2O. The quantitative estimate of drug-likeness (QED) is 0.834. The number of carbonyl (C=O) groups is 1. The van der Waals surface area contributed by atoms with Crippen LogP contribution in [-0.4, -0.2) is 12.5 Å². The van der Waals surface area contributed by atoms with Gasteiger partial charge in [-0.25, -0.2) is 0 Å². The van der Waals surface area contributed by atoms with Crippen LogP contribution in [0.2, 0.25) is 0 Å². The number of halogens is 4. The van der Waals surface area contributed by atoms with Gasteiger partial charge in [0.05, 0.1) is 11.1 Å². The Balaban J connectivity index is 0.00000225. The molecule has 3 rings (SSSR count). The summed E-state index contributed by atoms with van der Waals surface area (Å²) in [7, 11) is 0. The predicted octanol–water partition coefficient (Wildman–Crippen LogP) is 4.00. The van der Waals surface area contributed by atoms with Crippen molar-refractivity contribution in [2.75, 3.05) is 6.54 Å². The molecule has 0 radical (unpaired) electrons. The van der Waals surface area contributed by atoms with Gasteiger partial charge in [0.1, 0.15) is 0 Å². The number of hydrogen-bond acceptors (Lipinski definition) is 2. The van der Waals surface area contributed by atoms with Crippen LogP contribution in [0.1, 0.15) is 49.7 Å². The highest BCUT2D eigenvalue weighted by Crippen LogP contribution is 2.44. The second-order valence-corrected chi connectivity index (χ2v) is 7.04. The van der Waals surface area contributed by atoms with Crippen LogP contribution in [0.15, 0.2) is 24.3 Å². The second kappa shape index (κ2) is 7.54. The fourth-order valence-electron chi connectivity index (χ4n) is 4.00. The van der Waals surface area contributed by atoms with E-state index in [0.717, 1.165) is 31.7 Å². The van der Waals surface area contributed by atoms with E-state index in [-0.39, 0.29) is 30.2 Å². The molecule has 25 heavy (non-hydrogen) atoms. The monoisotopic (exact) mass is 376 g/mol. The molecule has 0 aliphatic heterocycles. The Morgan fingerprint density at radius 3 is 2.52 bits per heavy atom. The van der Waals surface area contributed by atoms with Crippen LogP contribution in [0.4, 0.5) is 13.2 Å². The fourth-order valence-corrected chi connectivity index (χ4v) is 4.00. The van der Waals surface area contributed by atoms with Crippen LogP contribution >= 0.6 is 12.4 Å². The van der Waals surface area contributed by atoms with E-state index in [1.54, 1.807) is 6.07 Å². The van der Waals surface area contributed by atoms with Gasteiger partial charge in [0.25, 0.3) is 0 Å². The highest BCUT2D eigenvalue weighted by molar-refractivity contribution is 5.85. The molecule has 0 bridgehead atoms. The van der Waals surface area contributed by atoms with Crippen molar-refractivity contribution in [1.82, 2.24) is 5.32 Å². The van der Waals surface area contributed by atoms with Crippen molar-refractivity contribution in [1.29, 1.82) is 0 Å². The molecule has 0 saturated heterocycles. The Labute approximate surface area is 152 Å². The molecule has 3 N–H and O–H groups in total. The number of carbonyl (C=O) groups excluding carboxylic acids is 1. The number of hydrogen-bond donors (Lipinski definition) is 2. The number of rotatable bonds is 4. The maximum absolute atomic E-state index is 13.0. The van der Waals surface area contributed by atoms with Crippen molar-refractivity contribution in [3.63, 3.8) is 0 Å². The predicted molar refractivity (Wildman–Crippen MR) is 92.2 cm³/mol. The summed E-state index contributed by atoms with van der Waals surface area (Å²) in [6, 6.07) is 5.35. The van der Waals surface area contributed by atoms with E-state index < -0.39 is 17.3 Å². The van der Waals surface area contributed by atoms with Gasteiger partial charge in [-0.15, -0.1) is 12.4 Å². The van der Waals surface area contributed by atoms with E-state index in [1.165, 1.54) is 12.1 Å². The third-order valence-corrected chi connectivity index (χ3v) is 5.61. The zero-order valence-electron chi connectivity index (χ0n) is 13.9. The Morgan fingerprint density at radius 2 is 1.96 bits per heavy atom. The zero-order chi connectivity index (χ0) is 17.4. The van der Waals surface area contributed by atoms with Gasteiger partial charge < -0.3 is 11.1 Å². The number of alkyl halides is 3. The maximum Gasteiger partial charge on any atom is 0.416 e. The summed E-state index contributed by atoms with van der Waals surface area (Å²) in [5, 5.41) is 3.07. The molecule has 1 aromatic carbocycles. The standard InChI is InChI=1S/C18H23F3N2O.ClH/c19-18(20,21)14-6-2-5-13(10-14)17(8-3-9-17)23-16(24)15-7-1-4-12(15)11-22;/h2,5-6,10,12,15H,1,3-4,7-9,11,22H2,(H,23,24);1H/t12-,15-;/m1./s1. The molecule has 0 aromatic heterocycles. The van der Waals surface area contributed by atoms with Gasteiger partial charge in [-0.1, -0.05) is 18.6 Å². The Morgan fingerprint density at radius 1 is 1.24 bits per heavy atom. The highest BCUT2D eigenvalue weighted by Gasteiger charge is 2.44. The fraction of sp³-hybridized carbons (Fsp3) is 0.611. The molecule has 0 heterocycles. The summed E-state index contributed by atoms with van der Waals surface area (Å²) >= 11 is 0. The Bertz CT molecular complexity index is 617. The van der Waals surface area contributed by atoms with Crippen molar-refractivity contribution in [3.8, 4) is 0 Å². The second-order valence-electron chi connectivity index (χ2n) is 7.04. The molecule has 0 spiro atoms. The average molecular weight is 377 g/mol. The SMILES string of the molecule is Cl.NC[C@H]1CCC[C@H]1C(=O)NC1(c2cccc(C(F)(F)F)c2)CCC1. The van der Waals surface area contributed by atoms with Gasteiger partial charge in [-0.3, -0.25) is 4.79 Å². The molecule has 1 amide bonds. The van der Waals surface area contributed by atoms with Crippen molar-refractivity contribution in [2.45, 2.75) is 50.2 Å². The molecule has 2 aliphatic carbocycles. The van der Waals surface area contributed by atoms with Gasteiger partial charge in [0.15, 0.2) is 0 Å². The molecule has 2 saturated carbocycles. The Hall–Kier alpha value is -1.27. The topological polar surface area (TPSA) is 55.1 Å². The lowest BCUT2D eigenvalue weighted by Crippen LogP contribution is -2.53. The lowest BCUT2D eigenvalue weighted by atomic mass is 9.71. The van der Waals surface area contributed by atoms with Gasteiger partial charge in [0.2, 0.25) is 5.91 Å². The van der Waals surface area contributed by atoms with Crippen molar-refractivity contribution >= 4 is 18.3 Å². The average Bonchev–Trinajstić information content (AvgIpc) is 2.98. The van der Waals surface area contributed by atoms with Crippen molar-refractivity contribution in [3.05, 3.63) is 35.4 Å². The van der Waals surface area contributed by atoms with E-state index in [0.29, 0.717) is 24.9 Å². The van der Waals surface area contributed by atoms with E-state index in [2.05, 4.69) is 5.32 Å². The van der Waals surface area contributed by atoms with Crippen LogP contribution in [-0.2, 0) is 16.5 Å². The summed E-state index contributed by atoms with van der Waals surface area (Å²) < 4.78 is 38.9. The maximum atomic E-state index is 13.0. The van der Waals surface area contributed by atoms with Crippen LogP contribution in [0.5, 0.6) is 0 Å². The summed E-state index contributed by atoms with van der Waals surface area (Å²) in [6.45, 7) is 0.481. The summed E-state index contributed by atoms with van der Waals surface area (Å²) in [5.74, 6) is 0.0157. The first-order valence-electron chi connectivity index (χ1n) is 8.55. The number of amides is 1. The molecule has 1 aromatic rings. The lowest BCUT2D eigenvalue weighted by Gasteiger charge is -2.44. The highest BCUT2D eigenvalue weighted by atomic mass is 35.5. The minimum Gasteiger partial charge on any atom is -0.346 e. The molecule has 2 fully saturated rings. The van der Waals surface area contributed by atoms with Gasteiger partial charge in [0, 0.05) is 5.92 Å². The number of nitrogens with one attached hydrogen (secondary N) is 1. The largest absolute Gasteiger partial charge is 0.416 e. The minimum atomic E-state index is -4.37. The number of benzene rings is 1. The minimum absolute atomic E-state index is 0. The normalized spacial score (nSPS) is 25.0. The smallest absolute Gasteiger partial charge is 0.346 e. The molecule has 140 valence electrons. The van der Waals surface area contributed by atoms with Crippen molar-refractivity contribution < 1.29 is 18.0 Å². The molecule has 3 nitrogen and oxygen atoms in total. The van der Waals surface area contributed by atoms with Crippen LogP contribution in [0, 0.1) is 11.8 Å². The molecular weight excluding hydrogens is 353 g/mol. The lowest BCUT2D eigenvalue weighted by molar-refractivity contribution is -0.137. The first-order chi connectivity index (χ1) is 11.4.